The van der Waals surface area contributed by atoms with Crippen LogP contribution in [0.15, 0.2) is 58.6 Å². The van der Waals surface area contributed by atoms with Crippen molar-refractivity contribution in [3.8, 4) is 22.9 Å². The molecule has 0 bridgehead atoms. The van der Waals surface area contributed by atoms with Crippen LogP contribution in [-0.4, -0.2) is 34.3 Å². The molecule has 2 aromatic carbocycles. The second-order valence-corrected chi connectivity index (χ2v) is 8.11. The molecule has 33 heavy (non-hydrogen) atoms. The summed E-state index contributed by atoms with van der Waals surface area (Å²) in [6.07, 6.45) is 3.06. The monoisotopic (exact) mass is 463 g/mol. The average molecular weight is 464 g/mol. The Morgan fingerprint density at radius 3 is 2.45 bits per heavy atom. The SMILES string of the molecule is CN=C/C(=C\N)SNc1nc(Oc2ccc(C(=O)O)cc2C)cc(-c2c(C)cccc2C)n1. The lowest BCUT2D eigenvalue weighted by atomic mass is 10.00. The highest BCUT2D eigenvalue weighted by atomic mass is 32.2. The number of aryl methyl sites for hydroxylation is 3. The molecule has 4 N–H and O–H groups in total. The van der Waals surface area contributed by atoms with Gasteiger partial charge in [0.05, 0.1) is 16.2 Å². The van der Waals surface area contributed by atoms with Gasteiger partial charge in [-0.25, -0.2) is 9.78 Å². The van der Waals surface area contributed by atoms with Gasteiger partial charge in [0.15, 0.2) is 0 Å². The van der Waals surface area contributed by atoms with Crippen LogP contribution in [-0.2, 0) is 0 Å². The van der Waals surface area contributed by atoms with Gasteiger partial charge in [-0.2, -0.15) is 4.98 Å². The lowest BCUT2D eigenvalue weighted by Crippen LogP contribution is -2.02. The first kappa shape index (κ1) is 23.8. The summed E-state index contributed by atoms with van der Waals surface area (Å²) in [4.78, 5) is 25.1. The Balaban J connectivity index is 2.03. The Hall–Kier alpha value is -3.85. The molecule has 3 aromatic rings. The van der Waals surface area contributed by atoms with Crippen molar-refractivity contribution >= 4 is 30.1 Å². The summed E-state index contributed by atoms with van der Waals surface area (Å²) in [6, 6.07) is 12.5. The smallest absolute Gasteiger partial charge is 0.335 e. The summed E-state index contributed by atoms with van der Waals surface area (Å²) in [7, 11) is 1.66. The van der Waals surface area contributed by atoms with Gasteiger partial charge in [0, 0.05) is 31.1 Å². The zero-order valence-electron chi connectivity index (χ0n) is 18.8. The van der Waals surface area contributed by atoms with E-state index in [1.165, 1.54) is 24.2 Å². The normalized spacial score (nSPS) is 11.6. The number of carbonyl (C=O) groups is 1. The van der Waals surface area contributed by atoms with Crippen molar-refractivity contribution in [2.24, 2.45) is 10.7 Å². The minimum absolute atomic E-state index is 0.191. The molecule has 0 atom stereocenters. The van der Waals surface area contributed by atoms with Crippen LogP contribution in [0, 0.1) is 20.8 Å². The third-order valence-electron chi connectivity index (χ3n) is 4.76. The number of carboxylic acid groups (broad SMARTS) is 1. The van der Waals surface area contributed by atoms with Crippen LogP contribution in [0.1, 0.15) is 27.0 Å². The van der Waals surface area contributed by atoms with Gasteiger partial charge in [-0.05, 0) is 67.6 Å². The molecule has 1 heterocycles. The Morgan fingerprint density at radius 2 is 1.85 bits per heavy atom. The molecule has 3 rings (SSSR count). The lowest BCUT2D eigenvalue weighted by molar-refractivity contribution is 0.0696. The molecule has 0 unspecified atom stereocenters. The maximum atomic E-state index is 11.2. The van der Waals surface area contributed by atoms with Gasteiger partial charge in [-0.15, -0.1) is 0 Å². The number of anilines is 1. The summed E-state index contributed by atoms with van der Waals surface area (Å²) in [6.45, 7) is 5.83. The fourth-order valence-corrected chi connectivity index (χ4v) is 3.74. The molecule has 0 saturated carbocycles. The van der Waals surface area contributed by atoms with E-state index in [-0.39, 0.29) is 5.56 Å². The standard InChI is InChI=1S/C24H25N5O3S/c1-14-6-5-7-15(2)22(14)19-11-21(28-24(27-19)29-33-18(12-25)13-26-4)32-20-9-8-17(23(30)31)10-16(20)3/h5-13H,25H2,1-4H3,(H,30,31)(H,27,28,29)/b18-12+,26-13?. The first-order valence-electron chi connectivity index (χ1n) is 10.1. The topological polar surface area (TPSA) is 123 Å². The third-order valence-corrected chi connectivity index (χ3v) is 5.52. The van der Waals surface area contributed by atoms with E-state index in [4.69, 9.17) is 10.5 Å². The van der Waals surface area contributed by atoms with Crippen LogP contribution in [0.25, 0.3) is 11.3 Å². The van der Waals surface area contributed by atoms with Crippen LogP contribution in [0.4, 0.5) is 5.95 Å². The first-order valence-corrected chi connectivity index (χ1v) is 10.9. The molecular weight excluding hydrogens is 438 g/mol. The number of carboxylic acids is 1. The van der Waals surface area contributed by atoms with E-state index in [1.54, 1.807) is 38.4 Å². The van der Waals surface area contributed by atoms with E-state index in [1.807, 2.05) is 32.0 Å². The predicted octanol–water partition coefficient (Wildman–Crippen LogP) is 5.12. The Labute approximate surface area is 196 Å². The highest BCUT2D eigenvalue weighted by Gasteiger charge is 2.14. The molecule has 0 aliphatic carbocycles. The van der Waals surface area contributed by atoms with Crippen LogP contribution in [0.3, 0.4) is 0 Å². The quantitative estimate of drug-likeness (QED) is 0.311. The zero-order valence-corrected chi connectivity index (χ0v) is 19.6. The van der Waals surface area contributed by atoms with E-state index in [9.17, 15) is 9.90 Å². The van der Waals surface area contributed by atoms with Crippen LogP contribution in [0.5, 0.6) is 11.6 Å². The van der Waals surface area contributed by atoms with Crippen molar-refractivity contribution in [2.45, 2.75) is 20.8 Å². The second kappa shape index (κ2) is 10.6. The Morgan fingerprint density at radius 1 is 1.12 bits per heavy atom. The maximum Gasteiger partial charge on any atom is 0.335 e. The van der Waals surface area contributed by atoms with Gasteiger partial charge in [-0.3, -0.25) is 9.71 Å². The molecule has 1 aromatic heterocycles. The summed E-state index contributed by atoms with van der Waals surface area (Å²) >= 11 is 1.23. The van der Waals surface area contributed by atoms with E-state index < -0.39 is 5.97 Å². The molecule has 0 aliphatic rings. The molecule has 9 heteroatoms. The fraction of sp³-hybridized carbons (Fsp3) is 0.167. The predicted molar refractivity (Wildman–Crippen MR) is 133 cm³/mol. The minimum Gasteiger partial charge on any atom is -0.478 e. The van der Waals surface area contributed by atoms with Gasteiger partial charge in [0.2, 0.25) is 11.8 Å². The number of allylic oxidation sites excluding steroid dienone is 1. The first-order chi connectivity index (χ1) is 15.8. The zero-order chi connectivity index (χ0) is 24.0. The molecular formula is C24H25N5O3S. The summed E-state index contributed by atoms with van der Waals surface area (Å²) in [5.74, 6) is 0.162. The number of aromatic carboxylic acids is 1. The van der Waals surface area contributed by atoms with Gasteiger partial charge in [0.1, 0.15) is 5.75 Å². The highest BCUT2D eigenvalue weighted by molar-refractivity contribution is 8.05. The van der Waals surface area contributed by atoms with Crippen molar-refractivity contribution in [3.05, 3.63) is 75.8 Å². The number of aromatic nitrogens is 2. The highest BCUT2D eigenvalue weighted by Crippen LogP contribution is 2.32. The van der Waals surface area contributed by atoms with Crippen molar-refractivity contribution in [3.63, 3.8) is 0 Å². The fourth-order valence-electron chi connectivity index (χ4n) is 3.21. The number of nitrogens with one attached hydrogen (secondary N) is 1. The average Bonchev–Trinajstić information content (AvgIpc) is 2.77. The molecule has 0 fully saturated rings. The Bertz CT molecular complexity index is 1220. The lowest BCUT2D eigenvalue weighted by Gasteiger charge is -2.14. The van der Waals surface area contributed by atoms with Gasteiger partial charge in [-0.1, -0.05) is 18.2 Å². The summed E-state index contributed by atoms with van der Waals surface area (Å²) < 4.78 is 9.14. The van der Waals surface area contributed by atoms with Crippen molar-refractivity contribution < 1.29 is 14.6 Å². The number of benzene rings is 2. The number of rotatable bonds is 8. The molecule has 0 saturated heterocycles. The van der Waals surface area contributed by atoms with E-state index >= 15 is 0 Å². The maximum absolute atomic E-state index is 11.2. The van der Waals surface area contributed by atoms with E-state index in [0.717, 1.165) is 16.7 Å². The van der Waals surface area contributed by atoms with Crippen LogP contribution >= 0.6 is 11.9 Å². The van der Waals surface area contributed by atoms with Crippen LogP contribution < -0.4 is 15.2 Å². The van der Waals surface area contributed by atoms with Crippen molar-refractivity contribution in [1.29, 1.82) is 0 Å². The summed E-state index contributed by atoms with van der Waals surface area (Å²) in [5, 5.41) is 9.21. The second-order valence-electron chi connectivity index (χ2n) is 7.23. The largest absolute Gasteiger partial charge is 0.478 e. The molecule has 0 spiro atoms. The molecule has 0 amide bonds. The third kappa shape index (κ3) is 5.89. The van der Waals surface area contributed by atoms with Gasteiger partial charge in [0.25, 0.3) is 0 Å². The van der Waals surface area contributed by atoms with Crippen molar-refractivity contribution in [1.82, 2.24) is 9.97 Å². The number of nitrogens with two attached hydrogens (primary N) is 1. The Kier molecular flexibility index (Phi) is 7.68. The van der Waals surface area contributed by atoms with E-state index in [2.05, 4.69) is 19.7 Å². The number of aliphatic imine (C=N–C) groups is 1. The number of nitrogens with zero attached hydrogens (tertiary/aromatic N) is 3. The van der Waals surface area contributed by atoms with Gasteiger partial charge >= 0.3 is 5.97 Å². The number of hydrogen-bond acceptors (Lipinski definition) is 8. The number of hydrogen-bond donors (Lipinski definition) is 3. The minimum atomic E-state index is -0.994. The molecule has 0 aliphatic heterocycles. The molecule has 170 valence electrons. The van der Waals surface area contributed by atoms with E-state index in [0.29, 0.717) is 33.7 Å². The van der Waals surface area contributed by atoms with Crippen LogP contribution in [0.2, 0.25) is 0 Å². The molecule has 0 radical (unpaired) electrons. The molecule has 8 nitrogen and oxygen atoms in total. The van der Waals surface area contributed by atoms with Gasteiger partial charge < -0.3 is 15.6 Å². The number of ether oxygens (including phenoxy) is 1. The summed E-state index contributed by atoms with van der Waals surface area (Å²) in [5.41, 5.74) is 10.3. The van der Waals surface area contributed by atoms with Crippen molar-refractivity contribution in [2.75, 3.05) is 11.8 Å².